The normalized spacial score (nSPS) is 19.3. The number of amides is 1. The third-order valence-corrected chi connectivity index (χ3v) is 3.42. The Morgan fingerprint density at radius 3 is 2.89 bits per heavy atom. The van der Waals surface area contributed by atoms with Crippen molar-refractivity contribution in [2.45, 2.75) is 37.8 Å². The van der Waals surface area contributed by atoms with E-state index in [-0.39, 0.29) is 12.5 Å². The lowest BCUT2D eigenvalue weighted by molar-refractivity contribution is -0.139. The van der Waals surface area contributed by atoms with Crippen LogP contribution in [0.25, 0.3) is 0 Å². The van der Waals surface area contributed by atoms with E-state index >= 15 is 0 Å². The van der Waals surface area contributed by atoms with Crippen molar-refractivity contribution in [3.05, 3.63) is 35.4 Å². The molecule has 1 aromatic carbocycles. The molecule has 1 amide bonds. The van der Waals surface area contributed by atoms with Gasteiger partial charge in [0.2, 0.25) is 5.91 Å². The number of hydrogen-bond acceptors (Lipinski definition) is 3. The van der Waals surface area contributed by atoms with Gasteiger partial charge in [-0.25, -0.2) is 0 Å². The number of carbonyl (C=O) groups is 2. The van der Waals surface area contributed by atoms with Crippen LogP contribution in [0, 0.1) is 0 Å². The second kappa shape index (κ2) is 5.84. The van der Waals surface area contributed by atoms with Gasteiger partial charge in [0.1, 0.15) is 0 Å². The summed E-state index contributed by atoms with van der Waals surface area (Å²) in [5.74, 6) is -1.46. The van der Waals surface area contributed by atoms with Crippen LogP contribution >= 0.6 is 0 Å². The average Bonchev–Trinajstić information content (AvgIpc) is 2.38. The third kappa shape index (κ3) is 3.32. The summed E-state index contributed by atoms with van der Waals surface area (Å²) in [4.78, 5) is 22.4. The van der Waals surface area contributed by atoms with E-state index in [4.69, 9.17) is 10.8 Å². The highest BCUT2D eigenvalue weighted by Gasteiger charge is 2.24. The fraction of sp³-hybridized carbons (Fsp3) is 0.429. The second-order valence-electron chi connectivity index (χ2n) is 4.86. The summed E-state index contributed by atoms with van der Waals surface area (Å²) >= 11 is 0. The van der Waals surface area contributed by atoms with Crippen LogP contribution in [0.5, 0.6) is 0 Å². The largest absolute Gasteiger partial charge is 0.481 e. The summed E-state index contributed by atoms with van der Waals surface area (Å²) in [5.41, 5.74) is 7.92. The molecule has 0 aromatic heterocycles. The minimum atomic E-state index is -1.06. The summed E-state index contributed by atoms with van der Waals surface area (Å²) in [6.45, 7) is 0. The monoisotopic (exact) mass is 262 g/mol. The Morgan fingerprint density at radius 2 is 2.16 bits per heavy atom. The molecule has 102 valence electrons. The first-order valence-corrected chi connectivity index (χ1v) is 6.43. The minimum Gasteiger partial charge on any atom is -0.481 e. The topological polar surface area (TPSA) is 92.4 Å². The molecule has 0 radical (unpaired) electrons. The average molecular weight is 262 g/mol. The van der Waals surface area contributed by atoms with Gasteiger partial charge in [-0.05, 0) is 30.4 Å². The van der Waals surface area contributed by atoms with Crippen LogP contribution in [0.15, 0.2) is 24.3 Å². The third-order valence-electron chi connectivity index (χ3n) is 3.42. The van der Waals surface area contributed by atoms with Crippen molar-refractivity contribution in [1.82, 2.24) is 5.32 Å². The fourth-order valence-corrected chi connectivity index (χ4v) is 2.46. The van der Waals surface area contributed by atoms with Crippen molar-refractivity contribution < 1.29 is 14.7 Å². The maximum atomic E-state index is 11.9. The molecule has 0 saturated carbocycles. The molecule has 2 rings (SSSR count). The molecule has 0 aliphatic heterocycles. The first kappa shape index (κ1) is 13.5. The molecule has 0 heterocycles. The van der Waals surface area contributed by atoms with E-state index < -0.39 is 17.9 Å². The highest BCUT2D eigenvalue weighted by Crippen LogP contribution is 2.29. The number of nitrogens with one attached hydrogen (secondary N) is 1. The first-order chi connectivity index (χ1) is 9.08. The van der Waals surface area contributed by atoms with Gasteiger partial charge in [0, 0.05) is 0 Å². The van der Waals surface area contributed by atoms with E-state index in [1.165, 1.54) is 5.56 Å². The van der Waals surface area contributed by atoms with Crippen LogP contribution in [0.3, 0.4) is 0 Å². The molecule has 0 bridgehead atoms. The van der Waals surface area contributed by atoms with Crippen LogP contribution in [-0.4, -0.2) is 23.0 Å². The number of carboxylic acids is 1. The quantitative estimate of drug-likeness (QED) is 0.754. The lowest BCUT2D eigenvalue weighted by atomic mass is 9.87. The molecule has 0 fully saturated rings. The maximum Gasteiger partial charge on any atom is 0.305 e. The maximum absolute atomic E-state index is 11.9. The van der Waals surface area contributed by atoms with Crippen molar-refractivity contribution in [1.29, 1.82) is 0 Å². The summed E-state index contributed by atoms with van der Waals surface area (Å²) in [6, 6.07) is 6.94. The van der Waals surface area contributed by atoms with E-state index in [9.17, 15) is 9.59 Å². The van der Waals surface area contributed by atoms with E-state index in [0.29, 0.717) is 0 Å². The van der Waals surface area contributed by atoms with Crippen LogP contribution in [0.1, 0.15) is 36.4 Å². The van der Waals surface area contributed by atoms with E-state index in [0.717, 1.165) is 24.8 Å². The smallest absolute Gasteiger partial charge is 0.305 e. The first-order valence-electron chi connectivity index (χ1n) is 6.43. The Hall–Kier alpha value is -1.88. The van der Waals surface area contributed by atoms with Crippen LogP contribution in [-0.2, 0) is 16.0 Å². The SMILES string of the molecule is NC(CC(=O)O)C(=O)NC1CCCc2ccccc21. The molecule has 1 aromatic rings. The van der Waals surface area contributed by atoms with Crippen LogP contribution in [0.4, 0.5) is 0 Å². The summed E-state index contributed by atoms with van der Waals surface area (Å²) in [5, 5.41) is 11.5. The number of carboxylic acid groups (broad SMARTS) is 1. The van der Waals surface area contributed by atoms with Gasteiger partial charge in [-0.3, -0.25) is 9.59 Å². The number of fused-ring (bicyclic) bond motifs is 1. The molecular weight excluding hydrogens is 244 g/mol. The molecule has 5 nitrogen and oxygen atoms in total. The van der Waals surface area contributed by atoms with Gasteiger partial charge < -0.3 is 16.2 Å². The van der Waals surface area contributed by atoms with Crippen molar-refractivity contribution in [3.8, 4) is 0 Å². The Kier molecular flexibility index (Phi) is 4.16. The predicted molar refractivity (Wildman–Crippen MR) is 70.5 cm³/mol. The second-order valence-corrected chi connectivity index (χ2v) is 4.86. The predicted octanol–water partition coefficient (Wildman–Crippen LogP) is 0.982. The van der Waals surface area contributed by atoms with Gasteiger partial charge in [0.25, 0.3) is 0 Å². The molecular formula is C14H18N2O3. The molecule has 1 aliphatic carbocycles. The van der Waals surface area contributed by atoms with Gasteiger partial charge >= 0.3 is 5.97 Å². The van der Waals surface area contributed by atoms with Crippen molar-refractivity contribution in [3.63, 3.8) is 0 Å². The molecule has 0 saturated heterocycles. The number of nitrogens with two attached hydrogens (primary N) is 1. The zero-order chi connectivity index (χ0) is 13.8. The number of aliphatic carboxylic acids is 1. The van der Waals surface area contributed by atoms with Crippen LogP contribution < -0.4 is 11.1 Å². The van der Waals surface area contributed by atoms with E-state index in [1.54, 1.807) is 0 Å². The molecule has 19 heavy (non-hydrogen) atoms. The lowest BCUT2D eigenvalue weighted by Gasteiger charge is -2.27. The van der Waals surface area contributed by atoms with Crippen LogP contribution in [0.2, 0.25) is 0 Å². The summed E-state index contributed by atoms with van der Waals surface area (Å²) in [6.07, 6.45) is 2.54. The summed E-state index contributed by atoms with van der Waals surface area (Å²) < 4.78 is 0. The Morgan fingerprint density at radius 1 is 1.42 bits per heavy atom. The van der Waals surface area contributed by atoms with Gasteiger partial charge in [-0.1, -0.05) is 24.3 Å². The van der Waals surface area contributed by atoms with E-state index in [1.807, 2.05) is 18.2 Å². The fourth-order valence-electron chi connectivity index (χ4n) is 2.46. The zero-order valence-corrected chi connectivity index (χ0v) is 10.6. The molecule has 5 heteroatoms. The number of carbonyl (C=O) groups excluding carboxylic acids is 1. The Labute approximate surface area is 111 Å². The highest BCUT2D eigenvalue weighted by atomic mass is 16.4. The Bertz CT molecular complexity index is 487. The standard InChI is InChI=1S/C14H18N2O3/c15-11(8-13(17)18)14(19)16-12-7-3-5-9-4-1-2-6-10(9)12/h1-2,4,6,11-12H,3,5,7-8,15H2,(H,16,19)(H,17,18). The van der Waals surface area contributed by atoms with Gasteiger partial charge in [-0.15, -0.1) is 0 Å². The number of benzene rings is 1. The molecule has 1 aliphatic rings. The molecule has 0 spiro atoms. The molecule has 4 N–H and O–H groups in total. The van der Waals surface area contributed by atoms with Crippen molar-refractivity contribution >= 4 is 11.9 Å². The number of hydrogen-bond donors (Lipinski definition) is 3. The van der Waals surface area contributed by atoms with Gasteiger partial charge in [0.15, 0.2) is 0 Å². The minimum absolute atomic E-state index is 0.0581. The van der Waals surface area contributed by atoms with Crippen molar-refractivity contribution in [2.24, 2.45) is 5.73 Å². The molecule has 2 atom stereocenters. The van der Waals surface area contributed by atoms with Gasteiger partial charge in [-0.2, -0.15) is 0 Å². The number of aryl methyl sites for hydroxylation is 1. The number of rotatable bonds is 4. The summed E-state index contributed by atoms with van der Waals surface area (Å²) in [7, 11) is 0. The van der Waals surface area contributed by atoms with Crippen molar-refractivity contribution in [2.75, 3.05) is 0 Å². The Balaban J connectivity index is 2.04. The molecule has 2 unspecified atom stereocenters. The van der Waals surface area contributed by atoms with E-state index in [2.05, 4.69) is 11.4 Å². The highest BCUT2D eigenvalue weighted by molar-refractivity contribution is 5.86. The lowest BCUT2D eigenvalue weighted by Crippen LogP contribution is -2.44. The van der Waals surface area contributed by atoms with Gasteiger partial charge in [0.05, 0.1) is 18.5 Å². The zero-order valence-electron chi connectivity index (χ0n) is 10.6.